The van der Waals surface area contributed by atoms with E-state index in [2.05, 4.69) is 16.6 Å². The molecule has 3 rings (SSSR count). The molecule has 160 valence electrons. The second kappa shape index (κ2) is 10.4. The molecular formula is C25H25FN2O3. The molecule has 3 aromatic rings. The van der Waals surface area contributed by atoms with E-state index in [1.165, 1.54) is 17.7 Å². The fourth-order valence-electron chi connectivity index (χ4n) is 3.06. The van der Waals surface area contributed by atoms with Crippen LogP contribution in [0.15, 0.2) is 65.8 Å². The SMILES string of the molecule is COc1cc(/C=N\NC(=O)Cc2ccc(C)cc2C)ccc1OCc1ccc(F)cc1. The van der Waals surface area contributed by atoms with Gasteiger partial charge in [0.25, 0.3) is 0 Å². The van der Waals surface area contributed by atoms with Crippen molar-refractivity contribution in [3.63, 3.8) is 0 Å². The highest BCUT2D eigenvalue weighted by Gasteiger charge is 2.07. The van der Waals surface area contributed by atoms with Gasteiger partial charge in [-0.25, -0.2) is 9.82 Å². The molecule has 0 unspecified atom stereocenters. The summed E-state index contributed by atoms with van der Waals surface area (Å²) in [5.74, 6) is 0.621. The summed E-state index contributed by atoms with van der Waals surface area (Å²) in [4.78, 5) is 12.2. The molecule has 1 N–H and O–H groups in total. The maximum atomic E-state index is 13.0. The molecule has 5 nitrogen and oxygen atoms in total. The molecule has 0 saturated carbocycles. The minimum atomic E-state index is -0.286. The van der Waals surface area contributed by atoms with Crippen LogP contribution in [0.1, 0.15) is 27.8 Å². The molecule has 31 heavy (non-hydrogen) atoms. The number of benzene rings is 3. The van der Waals surface area contributed by atoms with Gasteiger partial charge in [0.15, 0.2) is 11.5 Å². The number of halogens is 1. The van der Waals surface area contributed by atoms with Crippen molar-refractivity contribution >= 4 is 12.1 Å². The number of carbonyl (C=O) groups excluding carboxylic acids is 1. The first-order valence-corrected chi connectivity index (χ1v) is 9.88. The van der Waals surface area contributed by atoms with Crippen LogP contribution in [-0.2, 0) is 17.8 Å². The lowest BCUT2D eigenvalue weighted by Crippen LogP contribution is -2.20. The van der Waals surface area contributed by atoms with Gasteiger partial charge < -0.3 is 9.47 Å². The molecule has 0 bridgehead atoms. The molecule has 0 saturated heterocycles. The molecule has 0 aliphatic heterocycles. The fourth-order valence-corrected chi connectivity index (χ4v) is 3.06. The highest BCUT2D eigenvalue weighted by atomic mass is 19.1. The third kappa shape index (κ3) is 6.40. The Labute approximate surface area is 181 Å². The zero-order valence-corrected chi connectivity index (χ0v) is 17.8. The molecule has 0 aliphatic rings. The van der Waals surface area contributed by atoms with Crippen molar-refractivity contribution in [3.05, 3.63) is 94.3 Å². The topological polar surface area (TPSA) is 59.9 Å². The summed E-state index contributed by atoms with van der Waals surface area (Å²) >= 11 is 0. The Morgan fingerprint density at radius 2 is 1.81 bits per heavy atom. The van der Waals surface area contributed by atoms with Gasteiger partial charge in [-0.1, -0.05) is 35.9 Å². The maximum Gasteiger partial charge on any atom is 0.244 e. The molecule has 0 aromatic heterocycles. The lowest BCUT2D eigenvalue weighted by atomic mass is 10.0. The number of methoxy groups -OCH3 is 1. The van der Waals surface area contributed by atoms with Gasteiger partial charge in [-0.3, -0.25) is 4.79 Å². The highest BCUT2D eigenvalue weighted by Crippen LogP contribution is 2.28. The first kappa shape index (κ1) is 22.0. The summed E-state index contributed by atoms with van der Waals surface area (Å²) in [7, 11) is 1.55. The Kier molecular flexibility index (Phi) is 7.38. The molecule has 0 radical (unpaired) electrons. The number of ether oxygens (including phenoxy) is 2. The third-order valence-corrected chi connectivity index (χ3v) is 4.75. The molecule has 0 aliphatic carbocycles. The van der Waals surface area contributed by atoms with Crippen molar-refractivity contribution in [3.8, 4) is 11.5 Å². The van der Waals surface area contributed by atoms with Crippen LogP contribution in [0.5, 0.6) is 11.5 Å². The van der Waals surface area contributed by atoms with Crippen LogP contribution in [0.2, 0.25) is 0 Å². The first-order chi connectivity index (χ1) is 14.9. The number of nitrogens with one attached hydrogen (secondary N) is 1. The summed E-state index contributed by atoms with van der Waals surface area (Å²) in [6.45, 7) is 4.30. The van der Waals surface area contributed by atoms with E-state index in [4.69, 9.17) is 9.47 Å². The summed E-state index contributed by atoms with van der Waals surface area (Å²) in [6, 6.07) is 17.5. The summed E-state index contributed by atoms with van der Waals surface area (Å²) < 4.78 is 24.2. The maximum absolute atomic E-state index is 13.0. The quantitative estimate of drug-likeness (QED) is 0.424. The van der Waals surface area contributed by atoms with E-state index in [0.29, 0.717) is 18.1 Å². The van der Waals surface area contributed by atoms with Crippen molar-refractivity contribution in [1.82, 2.24) is 5.43 Å². The zero-order valence-electron chi connectivity index (χ0n) is 17.8. The monoisotopic (exact) mass is 420 g/mol. The number of carbonyl (C=O) groups is 1. The number of aryl methyl sites for hydroxylation is 2. The second-order valence-electron chi connectivity index (χ2n) is 7.23. The molecule has 0 spiro atoms. The average Bonchev–Trinajstić information content (AvgIpc) is 2.75. The van der Waals surface area contributed by atoms with Gasteiger partial charge in [0.2, 0.25) is 5.91 Å². The predicted octanol–water partition coefficient (Wildman–Crippen LogP) is 4.72. The Morgan fingerprint density at radius 1 is 1.03 bits per heavy atom. The van der Waals surface area contributed by atoms with E-state index in [1.54, 1.807) is 37.6 Å². The van der Waals surface area contributed by atoms with Crippen LogP contribution in [0.25, 0.3) is 0 Å². The minimum Gasteiger partial charge on any atom is -0.493 e. The normalized spacial score (nSPS) is 10.8. The van der Waals surface area contributed by atoms with Crippen LogP contribution in [-0.4, -0.2) is 19.2 Å². The van der Waals surface area contributed by atoms with E-state index >= 15 is 0 Å². The average molecular weight is 420 g/mol. The highest BCUT2D eigenvalue weighted by molar-refractivity contribution is 5.84. The van der Waals surface area contributed by atoms with Gasteiger partial charge in [-0.05, 0) is 66.4 Å². The number of nitrogens with zero attached hydrogens (tertiary/aromatic N) is 1. The standard InChI is InChI=1S/C25H25FN2O3/c1-17-4-8-21(18(2)12-17)14-25(29)28-27-15-20-7-11-23(24(13-20)30-3)31-16-19-5-9-22(26)10-6-19/h4-13,15H,14,16H2,1-3H3,(H,28,29)/b27-15-. The van der Waals surface area contributed by atoms with Crippen molar-refractivity contribution in [1.29, 1.82) is 0 Å². The smallest absolute Gasteiger partial charge is 0.244 e. The van der Waals surface area contributed by atoms with Crippen LogP contribution in [0, 0.1) is 19.7 Å². The number of rotatable bonds is 8. The number of hydrazone groups is 1. The molecule has 0 heterocycles. The Hall–Kier alpha value is -3.67. The van der Waals surface area contributed by atoms with E-state index < -0.39 is 0 Å². The lowest BCUT2D eigenvalue weighted by molar-refractivity contribution is -0.120. The third-order valence-electron chi connectivity index (χ3n) is 4.75. The Balaban J connectivity index is 1.57. The number of hydrogen-bond acceptors (Lipinski definition) is 4. The van der Waals surface area contributed by atoms with Gasteiger partial charge in [0.1, 0.15) is 12.4 Å². The lowest BCUT2D eigenvalue weighted by Gasteiger charge is -2.11. The molecule has 0 atom stereocenters. The van der Waals surface area contributed by atoms with Gasteiger partial charge in [-0.15, -0.1) is 0 Å². The van der Waals surface area contributed by atoms with Crippen molar-refractivity contribution < 1.29 is 18.7 Å². The van der Waals surface area contributed by atoms with Crippen LogP contribution in [0.4, 0.5) is 4.39 Å². The van der Waals surface area contributed by atoms with Gasteiger partial charge in [0, 0.05) is 0 Å². The second-order valence-corrected chi connectivity index (χ2v) is 7.23. The van der Waals surface area contributed by atoms with Crippen LogP contribution < -0.4 is 14.9 Å². The zero-order chi connectivity index (χ0) is 22.2. The largest absolute Gasteiger partial charge is 0.493 e. The molecule has 6 heteroatoms. The number of hydrogen-bond donors (Lipinski definition) is 1. The van der Waals surface area contributed by atoms with Crippen molar-refractivity contribution in [2.24, 2.45) is 5.10 Å². The Morgan fingerprint density at radius 3 is 2.52 bits per heavy atom. The summed E-state index contributed by atoms with van der Waals surface area (Å²) in [6.07, 6.45) is 1.81. The fraction of sp³-hybridized carbons (Fsp3) is 0.200. The van der Waals surface area contributed by atoms with E-state index in [1.807, 2.05) is 32.0 Å². The van der Waals surface area contributed by atoms with Crippen molar-refractivity contribution in [2.45, 2.75) is 26.9 Å². The van der Waals surface area contributed by atoms with Gasteiger partial charge in [0.05, 0.1) is 19.7 Å². The van der Waals surface area contributed by atoms with Crippen LogP contribution >= 0.6 is 0 Å². The van der Waals surface area contributed by atoms with Crippen molar-refractivity contribution in [2.75, 3.05) is 7.11 Å². The Bertz CT molecular complexity index is 1080. The van der Waals surface area contributed by atoms with Crippen LogP contribution in [0.3, 0.4) is 0 Å². The predicted molar refractivity (Wildman–Crippen MR) is 119 cm³/mol. The molecule has 1 amide bonds. The minimum absolute atomic E-state index is 0.186. The van der Waals surface area contributed by atoms with E-state index in [0.717, 1.165) is 22.3 Å². The molecule has 0 fully saturated rings. The molecular weight excluding hydrogens is 395 g/mol. The summed E-state index contributed by atoms with van der Waals surface area (Å²) in [5, 5.41) is 4.04. The van der Waals surface area contributed by atoms with Gasteiger partial charge >= 0.3 is 0 Å². The first-order valence-electron chi connectivity index (χ1n) is 9.88. The van der Waals surface area contributed by atoms with Gasteiger partial charge in [-0.2, -0.15) is 5.10 Å². The molecule has 3 aromatic carbocycles. The van der Waals surface area contributed by atoms with E-state index in [-0.39, 0.29) is 18.1 Å². The number of amides is 1. The van der Waals surface area contributed by atoms with E-state index in [9.17, 15) is 9.18 Å². The summed E-state index contributed by atoms with van der Waals surface area (Å²) in [5.41, 5.74) is 7.37.